The molecule has 160 valence electrons. The summed E-state index contributed by atoms with van der Waals surface area (Å²) in [6.45, 7) is 14.7. The summed E-state index contributed by atoms with van der Waals surface area (Å²) in [6, 6.07) is 0. The molecule has 1 aliphatic carbocycles. The molecule has 1 heterocycles. The number of hydrogen-bond donors (Lipinski definition) is 0. The van der Waals surface area contributed by atoms with Crippen molar-refractivity contribution >= 4 is 0 Å². The van der Waals surface area contributed by atoms with Gasteiger partial charge in [0.25, 0.3) is 0 Å². The normalized spacial score (nSPS) is 29.3. The molecule has 1 saturated carbocycles. The summed E-state index contributed by atoms with van der Waals surface area (Å²) >= 11 is 0. The zero-order valence-electron chi connectivity index (χ0n) is 18.6. The summed E-state index contributed by atoms with van der Waals surface area (Å²) in [5.41, 5.74) is 0.392. The average Bonchev–Trinajstić information content (AvgIpc) is 3.04. The van der Waals surface area contributed by atoms with Gasteiger partial charge in [0.2, 0.25) is 0 Å². The molecule has 0 N–H and O–H groups in total. The Morgan fingerprint density at radius 2 is 1.63 bits per heavy atom. The first kappa shape index (κ1) is 23.1. The fourth-order valence-corrected chi connectivity index (χ4v) is 4.40. The number of hydrogen-bond acceptors (Lipinski definition) is 5. The Labute approximate surface area is 167 Å². The van der Waals surface area contributed by atoms with Crippen LogP contribution in [0.3, 0.4) is 0 Å². The summed E-state index contributed by atoms with van der Waals surface area (Å²) in [5.74, 6) is 1.17. The van der Waals surface area contributed by atoms with Crippen molar-refractivity contribution in [1.29, 1.82) is 0 Å². The number of ether oxygens (including phenoxy) is 4. The number of nitrogens with zero attached hydrogens (tertiary/aromatic N) is 1. The standard InChI is InChI=1S/C22H43NO4/c1-18(2)21(3,4)19-7-10-22(11-8-19)26-17-20(27-22)9-12-23(13-15-24-5)14-16-25-6/h18-20H,7-17H2,1-6H3. The van der Waals surface area contributed by atoms with Crippen molar-refractivity contribution in [2.45, 2.75) is 71.7 Å². The molecule has 2 rings (SSSR count). The third kappa shape index (κ3) is 6.40. The largest absolute Gasteiger partial charge is 0.383 e. The highest BCUT2D eigenvalue weighted by molar-refractivity contribution is 4.91. The highest BCUT2D eigenvalue weighted by atomic mass is 16.7. The van der Waals surface area contributed by atoms with E-state index >= 15 is 0 Å². The fraction of sp³-hybridized carbons (Fsp3) is 1.00. The molecule has 0 aromatic carbocycles. The summed E-state index contributed by atoms with van der Waals surface area (Å²) in [6.07, 6.45) is 5.74. The van der Waals surface area contributed by atoms with Crippen LogP contribution >= 0.6 is 0 Å². The van der Waals surface area contributed by atoms with Crippen LogP contribution in [0.5, 0.6) is 0 Å². The van der Waals surface area contributed by atoms with Gasteiger partial charge in [-0.1, -0.05) is 27.7 Å². The Morgan fingerprint density at radius 1 is 1.04 bits per heavy atom. The monoisotopic (exact) mass is 385 g/mol. The van der Waals surface area contributed by atoms with Gasteiger partial charge in [0.15, 0.2) is 5.79 Å². The molecule has 27 heavy (non-hydrogen) atoms. The van der Waals surface area contributed by atoms with E-state index in [1.165, 1.54) is 12.8 Å². The van der Waals surface area contributed by atoms with Gasteiger partial charge in [-0.2, -0.15) is 0 Å². The van der Waals surface area contributed by atoms with Crippen LogP contribution in [0.2, 0.25) is 0 Å². The van der Waals surface area contributed by atoms with Crippen molar-refractivity contribution in [2.24, 2.45) is 17.3 Å². The Balaban J connectivity index is 1.77. The Kier molecular flexibility index (Phi) is 9.01. The van der Waals surface area contributed by atoms with Gasteiger partial charge in [-0.05, 0) is 36.5 Å². The van der Waals surface area contributed by atoms with Crippen LogP contribution < -0.4 is 0 Å². The van der Waals surface area contributed by atoms with Crippen molar-refractivity contribution in [1.82, 2.24) is 4.90 Å². The minimum absolute atomic E-state index is 0.215. The summed E-state index contributed by atoms with van der Waals surface area (Å²) in [5, 5.41) is 0. The second-order valence-corrected chi connectivity index (χ2v) is 9.33. The molecule has 0 aromatic heterocycles. The van der Waals surface area contributed by atoms with Gasteiger partial charge in [0, 0.05) is 46.7 Å². The molecular formula is C22H43NO4. The lowest BCUT2D eigenvalue weighted by molar-refractivity contribution is -0.198. The van der Waals surface area contributed by atoms with Gasteiger partial charge >= 0.3 is 0 Å². The van der Waals surface area contributed by atoms with E-state index in [1.807, 2.05) is 0 Å². The molecule has 1 atom stereocenters. The van der Waals surface area contributed by atoms with E-state index in [1.54, 1.807) is 14.2 Å². The molecule has 1 spiro atoms. The zero-order valence-corrected chi connectivity index (χ0v) is 18.6. The van der Waals surface area contributed by atoms with Crippen LogP contribution in [0, 0.1) is 17.3 Å². The molecule has 0 bridgehead atoms. The first-order chi connectivity index (χ1) is 12.8. The lowest BCUT2D eigenvalue weighted by atomic mass is 9.64. The van der Waals surface area contributed by atoms with Crippen molar-refractivity contribution in [2.75, 3.05) is 53.7 Å². The molecule has 2 fully saturated rings. The van der Waals surface area contributed by atoms with Crippen molar-refractivity contribution in [3.63, 3.8) is 0 Å². The van der Waals surface area contributed by atoms with Crippen LogP contribution in [0.25, 0.3) is 0 Å². The van der Waals surface area contributed by atoms with Crippen molar-refractivity contribution in [3.8, 4) is 0 Å². The molecule has 5 nitrogen and oxygen atoms in total. The highest BCUT2D eigenvalue weighted by Crippen LogP contribution is 2.48. The van der Waals surface area contributed by atoms with Crippen LogP contribution in [0.4, 0.5) is 0 Å². The Bertz CT molecular complexity index is 411. The van der Waals surface area contributed by atoms with Gasteiger partial charge in [-0.15, -0.1) is 0 Å². The predicted molar refractivity (Wildman–Crippen MR) is 109 cm³/mol. The lowest BCUT2D eigenvalue weighted by Crippen LogP contribution is -2.41. The molecule has 1 saturated heterocycles. The zero-order chi connectivity index (χ0) is 19.9. The van der Waals surface area contributed by atoms with E-state index in [0.717, 1.165) is 64.6 Å². The SMILES string of the molecule is COCCN(CCOC)CCC1COC2(CCC(C(C)(C)C(C)C)CC2)O1. The molecule has 0 aromatic rings. The van der Waals surface area contributed by atoms with Crippen LogP contribution in [-0.4, -0.2) is 70.5 Å². The quantitative estimate of drug-likeness (QED) is 0.538. The summed E-state index contributed by atoms with van der Waals surface area (Å²) in [7, 11) is 3.51. The minimum Gasteiger partial charge on any atom is -0.383 e. The first-order valence-corrected chi connectivity index (χ1v) is 10.8. The molecular weight excluding hydrogens is 342 g/mol. The van der Waals surface area contributed by atoms with Gasteiger partial charge in [0.1, 0.15) is 0 Å². The highest BCUT2D eigenvalue weighted by Gasteiger charge is 2.47. The predicted octanol–water partition coefficient (Wildman–Crippen LogP) is 3.96. The number of methoxy groups -OCH3 is 2. The van der Waals surface area contributed by atoms with Crippen molar-refractivity contribution in [3.05, 3.63) is 0 Å². The lowest BCUT2D eigenvalue weighted by Gasteiger charge is -2.44. The molecule has 0 amide bonds. The first-order valence-electron chi connectivity index (χ1n) is 10.8. The van der Waals surface area contributed by atoms with Crippen LogP contribution in [-0.2, 0) is 18.9 Å². The second kappa shape index (κ2) is 10.5. The third-order valence-corrected chi connectivity index (χ3v) is 7.19. The molecule has 0 radical (unpaired) electrons. The van der Waals surface area contributed by atoms with E-state index < -0.39 is 0 Å². The van der Waals surface area contributed by atoms with Gasteiger partial charge < -0.3 is 18.9 Å². The Hall–Kier alpha value is -0.200. The fourth-order valence-electron chi connectivity index (χ4n) is 4.40. The maximum Gasteiger partial charge on any atom is 0.168 e. The molecule has 5 heteroatoms. The number of rotatable bonds is 11. The maximum atomic E-state index is 6.46. The Morgan fingerprint density at radius 3 is 2.15 bits per heavy atom. The smallest absolute Gasteiger partial charge is 0.168 e. The van der Waals surface area contributed by atoms with E-state index in [2.05, 4.69) is 32.6 Å². The van der Waals surface area contributed by atoms with Crippen LogP contribution in [0.1, 0.15) is 59.8 Å². The third-order valence-electron chi connectivity index (χ3n) is 7.19. The molecule has 1 unspecified atom stereocenters. The summed E-state index contributed by atoms with van der Waals surface area (Å²) < 4.78 is 23.1. The van der Waals surface area contributed by atoms with Crippen molar-refractivity contribution < 1.29 is 18.9 Å². The topological polar surface area (TPSA) is 40.2 Å². The summed E-state index contributed by atoms with van der Waals surface area (Å²) in [4.78, 5) is 2.39. The second-order valence-electron chi connectivity index (χ2n) is 9.33. The van der Waals surface area contributed by atoms with Gasteiger partial charge in [0.05, 0.1) is 25.9 Å². The van der Waals surface area contributed by atoms with Gasteiger partial charge in [-0.25, -0.2) is 0 Å². The van der Waals surface area contributed by atoms with Crippen LogP contribution in [0.15, 0.2) is 0 Å². The molecule has 1 aliphatic heterocycles. The van der Waals surface area contributed by atoms with Gasteiger partial charge in [-0.3, -0.25) is 4.90 Å². The van der Waals surface area contributed by atoms with E-state index in [9.17, 15) is 0 Å². The average molecular weight is 386 g/mol. The van der Waals surface area contributed by atoms with E-state index in [-0.39, 0.29) is 11.9 Å². The van der Waals surface area contributed by atoms with E-state index in [0.29, 0.717) is 11.3 Å². The van der Waals surface area contributed by atoms with E-state index in [4.69, 9.17) is 18.9 Å². The maximum absolute atomic E-state index is 6.46. The minimum atomic E-state index is -0.307. The molecule has 2 aliphatic rings.